The molecule has 162 valence electrons. The van der Waals surface area contributed by atoms with E-state index in [1.807, 2.05) is 26.8 Å². The fourth-order valence-corrected chi connectivity index (χ4v) is 4.27. The highest BCUT2D eigenvalue weighted by Crippen LogP contribution is 2.43. The third-order valence-electron chi connectivity index (χ3n) is 5.89. The van der Waals surface area contributed by atoms with E-state index < -0.39 is 0 Å². The predicted molar refractivity (Wildman–Crippen MR) is 119 cm³/mol. The average Bonchev–Trinajstić information content (AvgIpc) is 3.18. The zero-order valence-electron chi connectivity index (χ0n) is 18.2. The van der Waals surface area contributed by atoms with Gasteiger partial charge in [0.25, 0.3) is 5.91 Å². The number of hydrogen-bond acceptors (Lipinski definition) is 5. The van der Waals surface area contributed by atoms with Gasteiger partial charge in [-0.1, -0.05) is 37.2 Å². The summed E-state index contributed by atoms with van der Waals surface area (Å²) in [5.41, 5.74) is 5.49. The number of aromatic hydroxyl groups is 2. The van der Waals surface area contributed by atoms with Crippen molar-refractivity contribution in [1.82, 2.24) is 10.5 Å². The van der Waals surface area contributed by atoms with Crippen molar-refractivity contribution in [2.45, 2.75) is 52.4 Å². The van der Waals surface area contributed by atoms with Crippen LogP contribution in [0.25, 0.3) is 22.4 Å². The molecule has 0 radical (unpaired) electrons. The van der Waals surface area contributed by atoms with Crippen LogP contribution in [-0.4, -0.2) is 27.8 Å². The van der Waals surface area contributed by atoms with Gasteiger partial charge in [0, 0.05) is 18.2 Å². The van der Waals surface area contributed by atoms with E-state index in [4.69, 9.17) is 4.52 Å². The summed E-state index contributed by atoms with van der Waals surface area (Å²) in [6.07, 6.45) is 4.40. The maximum absolute atomic E-state index is 12.7. The number of phenolic OH excluding ortho intramolecular Hbond substituents is 2. The molecule has 6 heteroatoms. The molecule has 1 aliphatic rings. The minimum Gasteiger partial charge on any atom is -0.508 e. The maximum atomic E-state index is 12.7. The second-order valence-corrected chi connectivity index (χ2v) is 8.37. The average molecular weight is 421 g/mol. The van der Waals surface area contributed by atoms with Crippen molar-refractivity contribution in [3.63, 3.8) is 0 Å². The van der Waals surface area contributed by atoms with E-state index in [1.165, 1.54) is 23.6 Å². The lowest BCUT2D eigenvalue weighted by molar-refractivity contribution is 0.0920. The number of aromatic nitrogens is 1. The summed E-state index contributed by atoms with van der Waals surface area (Å²) in [4.78, 5) is 12.7. The van der Waals surface area contributed by atoms with E-state index in [9.17, 15) is 15.0 Å². The van der Waals surface area contributed by atoms with Gasteiger partial charge in [-0.15, -0.1) is 0 Å². The Labute approximate surface area is 181 Å². The van der Waals surface area contributed by atoms with Gasteiger partial charge in [-0.2, -0.15) is 0 Å². The second-order valence-electron chi connectivity index (χ2n) is 8.37. The highest BCUT2D eigenvalue weighted by molar-refractivity contribution is 6.02. The first-order chi connectivity index (χ1) is 14.9. The smallest absolute Gasteiger partial charge is 0.290 e. The number of fused-ring (bicyclic) bond motifs is 1. The number of hydrogen-bond donors (Lipinski definition) is 3. The number of rotatable bonds is 5. The first-order valence-corrected chi connectivity index (χ1v) is 10.9. The summed E-state index contributed by atoms with van der Waals surface area (Å²) in [6, 6.07) is 9.24. The van der Waals surface area contributed by atoms with E-state index in [0.29, 0.717) is 28.9 Å². The van der Waals surface area contributed by atoms with Crippen molar-refractivity contribution < 1.29 is 19.5 Å². The van der Waals surface area contributed by atoms with Gasteiger partial charge in [0.15, 0.2) is 0 Å². The number of aryl methyl sites for hydroxylation is 2. The monoisotopic (exact) mass is 420 g/mol. The van der Waals surface area contributed by atoms with Gasteiger partial charge in [0.2, 0.25) is 5.76 Å². The summed E-state index contributed by atoms with van der Waals surface area (Å²) in [5, 5.41) is 27.8. The molecular formula is C25H28N2O4. The molecule has 0 atom stereocenters. The van der Waals surface area contributed by atoms with Crippen molar-refractivity contribution in [3.8, 4) is 33.9 Å². The Morgan fingerprint density at radius 2 is 1.84 bits per heavy atom. The van der Waals surface area contributed by atoms with E-state index >= 15 is 0 Å². The van der Waals surface area contributed by atoms with Crippen molar-refractivity contribution in [1.29, 1.82) is 0 Å². The largest absolute Gasteiger partial charge is 0.508 e. The topological polar surface area (TPSA) is 95.6 Å². The number of nitrogens with one attached hydrogen (secondary N) is 1. The Kier molecular flexibility index (Phi) is 5.72. The van der Waals surface area contributed by atoms with Crippen LogP contribution in [0, 0.1) is 0 Å². The number of amides is 1. The molecule has 0 spiro atoms. The van der Waals surface area contributed by atoms with Gasteiger partial charge < -0.3 is 20.1 Å². The lowest BCUT2D eigenvalue weighted by Crippen LogP contribution is -2.22. The van der Waals surface area contributed by atoms with E-state index in [1.54, 1.807) is 6.07 Å². The van der Waals surface area contributed by atoms with Crippen LogP contribution in [0.3, 0.4) is 0 Å². The third kappa shape index (κ3) is 3.90. The van der Waals surface area contributed by atoms with Crippen molar-refractivity contribution >= 4 is 5.91 Å². The second kappa shape index (κ2) is 8.46. The molecule has 3 N–H and O–H groups in total. The fraction of sp³-hybridized carbons (Fsp3) is 0.360. The zero-order valence-corrected chi connectivity index (χ0v) is 18.2. The van der Waals surface area contributed by atoms with Crippen LogP contribution < -0.4 is 5.32 Å². The first-order valence-electron chi connectivity index (χ1n) is 10.9. The van der Waals surface area contributed by atoms with Gasteiger partial charge in [-0.05, 0) is 66.8 Å². The molecule has 0 unspecified atom stereocenters. The van der Waals surface area contributed by atoms with Crippen LogP contribution >= 0.6 is 0 Å². The predicted octanol–water partition coefficient (Wildman–Crippen LogP) is 5.17. The van der Waals surface area contributed by atoms with Gasteiger partial charge in [0.1, 0.15) is 17.2 Å². The van der Waals surface area contributed by atoms with Crippen molar-refractivity contribution in [3.05, 3.63) is 52.8 Å². The highest BCUT2D eigenvalue weighted by atomic mass is 16.5. The molecule has 4 rings (SSSR count). The maximum Gasteiger partial charge on any atom is 0.290 e. The normalized spacial score (nSPS) is 13.3. The molecule has 0 saturated carbocycles. The minimum absolute atomic E-state index is 0.0269. The van der Waals surface area contributed by atoms with E-state index in [-0.39, 0.29) is 29.1 Å². The Bertz CT molecular complexity index is 1130. The fourth-order valence-electron chi connectivity index (χ4n) is 4.27. The molecule has 1 heterocycles. The molecule has 0 aliphatic heterocycles. The SMILES string of the molecule is CCNC(=O)c1onc(-c2cc(C(C)C)c(O)cc2O)c1-c1ccc2c(c1)CCCC2. The lowest BCUT2D eigenvalue weighted by Gasteiger charge is -2.17. The molecule has 0 fully saturated rings. The van der Waals surface area contributed by atoms with Gasteiger partial charge in [0.05, 0.1) is 5.56 Å². The number of phenols is 2. The quantitative estimate of drug-likeness (QED) is 0.529. The Hall–Kier alpha value is -3.28. The van der Waals surface area contributed by atoms with Crippen LogP contribution in [0.4, 0.5) is 0 Å². The molecule has 1 aromatic heterocycles. The van der Waals surface area contributed by atoms with E-state index in [0.717, 1.165) is 24.8 Å². The number of benzene rings is 2. The highest BCUT2D eigenvalue weighted by Gasteiger charge is 2.27. The summed E-state index contributed by atoms with van der Waals surface area (Å²) in [6.45, 7) is 6.22. The molecule has 1 aliphatic carbocycles. The van der Waals surface area contributed by atoms with Crippen molar-refractivity contribution in [2.24, 2.45) is 0 Å². The Morgan fingerprint density at radius 3 is 2.55 bits per heavy atom. The van der Waals surface area contributed by atoms with Crippen LogP contribution in [-0.2, 0) is 12.8 Å². The van der Waals surface area contributed by atoms with Gasteiger partial charge >= 0.3 is 0 Å². The van der Waals surface area contributed by atoms with E-state index in [2.05, 4.69) is 22.6 Å². The molecule has 0 bridgehead atoms. The van der Waals surface area contributed by atoms with Crippen LogP contribution in [0.5, 0.6) is 11.5 Å². The van der Waals surface area contributed by atoms with Gasteiger partial charge in [-0.25, -0.2) is 0 Å². The summed E-state index contributed by atoms with van der Waals surface area (Å²) < 4.78 is 5.51. The molecule has 2 aromatic carbocycles. The van der Waals surface area contributed by atoms with Crippen LogP contribution in [0.15, 0.2) is 34.9 Å². The van der Waals surface area contributed by atoms with Crippen LogP contribution in [0.1, 0.15) is 66.8 Å². The molecule has 1 amide bonds. The molecular weight excluding hydrogens is 392 g/mol. The lowest BCUT2D eigenvalue weighted by atomic mass is 9.87. The third-order valence-corrected chi connectivity index (χ3v) is 5.89. The first kappa shape index (κ1) is 21.0. The van der Waals surface area contributed by atoms with Gasteiger partial charge in [-0.3, -0.25) is 4.79 Å². The number of nitrogens with zero attached hydrogens (tertiary/aromatic N) is 1. The Balaban J connectivity index is 1.93. The minimum atomic E-state index is -0.351. The standard InChI is InChI=1S/C25H28N2O4/c1-4-26-25(30)24-22(17-10-9-15-7-5-6-8-16(15)11-17)23(27-31-24)19-12-18(14(2)3)20(28)13-21(19)29/h9-14,28-29H,4-8H2,1-3H3,(H,26,30). The zero-order chi connectivity index (χ0) is 22.1. The summed E-state index contributed by atoms with van der Waals surface area (Å²) in [5.74, 6) is -0.278. The summed E-state index contributed by atoms with van der Waals surface area (Å²) >= 11 is 0. The van der Waals surface area contributed by atoms with Crippen LogP contribution in [0.2, 0.25) is 0 Å². The molecule has 6 nitrogen and oxygen atoms in total. The molecule has 31 heavy (non-hydrogen) atoms. The van der Waals surface area contributed by atoms with Crippen molar-refractivity contribution in [2.75, 3.05) is 6.54 Å². The number of carbonyl (C=O) groups excluding carboxylic acids is 1. The number of carbonyl (C=O) groups is 1. The summed E-state index contributed by atoms with van der Waals surface area (Å²) in [7, 11) is 0. The molecule has 3 aromatic rings. The Morgan fingerprint density at radius 1 is 1.10 bits per heavy atom. The molecule has 0 saturated heterocycles.